The summed E-state index contributed by atoms with van der Waals surface area (Å²) in [5.41, 5.74) is 4.86. The van der Waals surface area contributed by atoms with Gasteiger partial charge >= 0.3 is 0 Å². The monoisotopic (exact) mass is 335 g/mol. The lowest BCUT2D eigenvalue weighted by Gasteiger charge is -2.09. The van der Waals surface area contributed by atoms with Crippen LogP contribution in [0.25, 0.3) is 54.4 Å². The quantitative estimate of drug-likeness (QED) is 0.335. The van der Waals surface area contributed by atoms with Gasteiger partial charge in [-0.05, 0) is 35.7 Å². The molecule has 0 aliphatic carbocycles. The van der Waals surface area contributed by atoms with Crippen molar-refractivity contribution in [3.8, 4) is 0 Å². The molecule has 3 aromatic carbocycles. The maximum Gasteiger partial charge on any atom is 0.0802 e. The molecule has 0 unspecified atom stereocenters. The minimum Gasteiger partial charge on any atom is -0.350 e. The standard InChI is InChI=1S/C23H17N3/c1-25-11-9-16-22-15(7-5-10-24-22)17-12-18-14-6-3-4-8-20(14)26(2)21(18)13-19(17)23(16)25/h3-13H,1-2H3. The number of benzene rings is 3. The van der Waals surface area contributed by atoms with Gasteiger partial charge in [0.25, 0.3) is 0 Å². The van der Waals surface area contributed by atoms with Crippen molar-refractivity contribution in [3.05, 3.63) is 67.0 Å². The summed E-state index contributed by atoms with van der Waals surface area (Å²) in [5, 5.41) is 7.59. The second-order valence-corrected chi connectivity index (χ2v) is 7.08. The van der Waals surface area contributed by atoms with E-state index in [0.29, 0.717) is 0 Å². The molecule has 0 amide bonds. The minimum absolute atomic E-state index is 1.08. The van der Waals surface area contributed by atoms with Gasteiger partial charge in [-0.15, -0.1) is 0 Å². The van der Waals surface area contributed by atoms with E-state index in [4.69, 9.17) is 4.98 Å². The van der Waals surface area contributed by atoms with Crippen molar-refractivity contribution in [2.75, 3.05) is 0 Å². The third-order valence-electron chi connectivity index (χ3n) is 5.73. The van der Waals surface area contributed by atoms with Gasteiger partial charge < -0.3 is 9.13 Å². The van der Waals surface area contributed by atoms with E-state index in [-0.39, 0.29) is 0 Å². The summed E-state index contributed by atoms with van der Waals surface area (Å²) >= 11 is 0. The van der Waals surface area contributed by atoms with Crippen LogP contribution in [0.15, 0.2) is 67.0 Å². The van der Waals surface area contributed by atoms with Gasteiger partial charge in [-0.1, -0.05) is 24.3 Å². The van der Waals surface area contributed by atoms with Crippen molar-refractivity contribution in [2.45, 2.75) is 0 Å². The predicted octanol–water partition coefficient (Wildman–Crippen LogP) is 5.52. The molecule has 0 bridgehead atoms. The van der Waals surface area contributed by atoms with Gasteiger partial charge in [0.1, 0.15) is 0 Å². The minimum atomic E-state index is 1.08. The number of fused-ring (bicyclic) bond motifs is 9. The highest BCUT2D eigenvalue weighted by Gasteiger charge is 2.15. The summed E-state index contributed by atoms with van der Waals surface area (Å²) in [6.07, 6.45) is 4.01. The molecule has 6 rings (SSSR count). The van der Waals surface area contributed by atoms with Crippen molar-refractivity contribution in [1.29, 1.82) is 0 Å². The second kappa shape index (κ2) is 4.64. The third kappa shape index (κ3) is 1.56. The van der Waals surface area contributed by atoms with Crippen LogP contribution in [-0.4, -0.2) is 14.1 Å². The Morgan fingerprint density at radius 3 is 2.46 bits per heavy atom. The van der Waals surface area contributed by atoms with Crippen LogP contribution in [0, 0.1) is 0 Å². The van der Waals surface area contributed by atoms with Gasteiger partial charge in [-0.2, -0.15) is 0 Å². The number of hydrogen-bond donors (Lipinski definition) is 0. The molecule has 3 heteroatoms. The highest BCUT2D eigenvalue weighted by molar-refractivity contribution is 6.27. The lowest BCUT2D eigenvalue weighted by molar-refractivity contribution is 0.973. The van der Waals surface area contributed by atoms with Gasteiger partial charge in [-0.3, -0.25) is 4.98 Å². The van der Waals surface area contributed by atoms with Gasteiger partial charge in [-0.25, -0.2) is 0 Å². The van der Waals surface area contributed by atoms with Crippen LogP contribution >= 0.6 is 0 Å². The lowest BCUT2D eigenvalue weighted by atomic mass is 9.99. The molecule has 0 radical (unpaired) electrons. The molecule has 0 fully saturated rings. The van der Waals surface area contributed by atoms with Crippen LogP contribution < -0.4 is 0 Å². The molecule has 26 heavy (non-hydrogen) atoms. The van der Waals surface area contributed by atoms with Crippen molar-refractivity contribution in [2.24, 2.45) is 14.1 Å². The molecule has 0 spiro atoms. The summed E-state index contributed by atoms with van der Waals surface area (Å²) < 4.78 is 4.51. The van der Waals surface area contributed by atoms with E-state index in [0.717, 1.165) is 5.52 Å². The number of aryl methyl sites for hydroxylation is 2. The van der Waals surface area contributed by atoms with E-state index >= 15 is 0 Å². The molecule has 6 aromatic rings. The largest absolute Gasteiger partial charge is 0.350 e. The van der Waals surface area contributed by atoms with Crippen molar-refractivity contribution < 1.29 is 0 Å². The molecular formula is C23H17N3. The number of para-hydroxylation sites is 1. The Balaban J connectivity index is 1.99. The predicted molar refractivity (Wildman–Crippen MR) is 110 cm³/mol. The van der Waals surface area contributed by atoms with E-state index in [2.05, 4.69) is 78.0 Å². The number of pyridine rings is 1. The molecule has 124 valence electrons. The van der Waals surface area contributed by atoms with Crippen LogP contribution in [0.4, 0.5) is 0 Å². The molecule has 0 atom stereocenters. The smallest absolute Gasteiger partial charge is 0.0802 e. The fraction of sp³-hybridized carbons (Fsp3) is 0.0870. The van der Waals surface area contributed by atoms with E-state index in [1.165, 1.54) is 48.9 Å². The molecule has 3 aromatic heterocycles. The van der Waals surface area contributed by atoms with Crippen molar-refractivity contribution in [1.82, 2.24) is 14.1 Å². The zero-order chi connectivity index (χ0) is 17.4. The molecule has 3 heterocycles. The van der Waals surface area contributed by atoms with Crippen molar-refractivity contribution in [3.63, 3.8) is 0 Å². The SMILES string of the molecule is Cn1ccc2c3ncccc3c3cc4c5ccccc5n(C)c4cc3c21. The summed E-state index contributed by atoms with van der Waals surface area (Å²) in [7, 11) is 4.27. The molecule has 0 N–H and O–H groups in total. The number of nitrogens with zero attached hydrogens (tertiary/aromatic N) is 3. The molecular weight excluding hydrogens is 318 g/mol. The fourth-order valence-corrected chi connectivity index (χ4v) is 4.52. The van der Waals surface area contributed by atoms with Crippen LogP contribution in [0.1, 0.15) is 0 Å². The topological polar surface area (TPSA) is 22.8 Å². The third-order valence-corrected chi connectivity index (χ3v) is 5.73. The van der Waals surface area contributed by atoms with E-state index < -0.39 is 0 Å². The Labute approximate surface area is 150 Å². The number of hydrogen-bond acceptors (Lipinski definition) is 1. The van der Waals surface area contributed by atoms with E-state index in [1.807, 2.05) is 12.3 Å². The van der Waals surface area contributed by atoms with Gasteiger partial charge in [0, 0.05) is 64.5 Å². The second-order valence-electron chi connectivity index (χ2n) is 7.08. The Bertz CT molecular complexity index is 1500. The van der Waals surface area contributed by atoms with Crippen LogP contribution in [0.5, 0.6) is 0 Å². The molecule has 0 aliphatic heterocycles. The average molecular weight is 335 g/mol. The number of aromatic nitrogens is 3. The normalized spacial score (nSPS) is 12.2. The van der Waals surface area contributed by atoms with E-state index in [9.17, 15) is 0 Å². The molecule has 0 saturated carbocycles. The highest BCUT2D eigenvalue weighted by Crippen LogP contribution is 2.38. The first-order valence-corrected chi connectivity index (χ1v) is 8.86. The number of rotatable bonds is 0. The summed E-state index contributed by atoms with van der Waals surface area (Å²) in [6, 6.07) is 19.7. The lowest BCUT2D eigenvalue weighted by Crippen LogP contribution is -1.91. The molecule has 0 saturated heterocycles. The van der Waals surface area contributed by atoms with Gasteiger partial charge in [0.05, 0.1) is 11.0 Å². The summed E-state index contributed by atoms with van der Waals surface area (Å²) in [6.45, 7) is 0. The molecule has 0 aliphatic rings. The fourth-order valence-electron chi connectivity index (χ4n) is 4.52. The Morgan fingerprint density at radius 1 is 0.692 bits per heavy atom. The van der Waals surface area contributed by atoms with E-state index in [1.54, 1.807) is 0 Å². The Hall–Kier alpha value is -3.33. The maximum absolute atomic E-state index is 4.70. The van der Waals surface area contributed by atoms with Crippen molar-refractivity contribution >= 4 is 54.4 Å². The first-order valence-electron chi connectivity index (χ1n) is 8.86. The average Bonchev–Trinajstić information content (AvgIpc) is 3.20. The van der Waals surface area contributed by atoms with Crippen LogP contribution in [-0.2, 0) is 14.1 Å². The summed E-state index contributed by atoms with van der Waals surface area (Å²) in [5.74, 6) is 0. The molecule has 3 nitrogen and oxygen atoms in total. The Morgan fingerprint density at radius 2 is 1.54 bits per heavy atom. The zero-order valence-corrected chi connectivity index (χ0v) is 14.7. The zero-order valence-electron chi connectivity index (χ0n) is 14.7. The first-order chi connectivity index (χ1) is 12.7. The van der Waals surface area contributed by atoms with Crippen LogP contribution in [0.3, 0.4) is 0 Å². The van der Waals surface area contributed by atoms with Gasteiger partial charge in [0.2, 0.25) is 0 Å². The van der Waals surface area contributed by atoms with Gasteiger partial charge in [0.15, 0.2) is 0 Å². The summed E-state index contributed by atoms with van der Waals surface area (Å²) in [4.78, 5) is 4.70. The Kier molecular flexibility index (Phi) is 2.48. The first kappa shape index (κ1) is 13.9. The maximum atomic E-state index is 4.70. The highest BCUT2D eigenvalue weighted by atomic mass is 14.9. The van der Waals surface area contributed by atoms with Crippen LogP contribution in [0.2, 0.25) is 0 Å².